The van der Waals surface area contributed by atoms with Crippen molar-refractivity contribution in [3.05, 3.63) is 299 Å². The Kier molecular flexibility index (Phi) is 17.0. The van der Waals surface area contributed by atoms with Crippen LogP contribution in [0, 0.1) is 54.4 Å². The van der Waals surface area contributed by atoms with Gasteiger partial charge in [0.05, 0.1) is 22.5 Å². The van der Waals surface area contributed by atoms with Crippen LogP contribution in [0.3, 0.4) is 0 Å². The molecule has 6 aromatic heterocycles. The van der Waals surface area contributed by atoms with Gasteiger partial charge in [-0.3, -0.25) is 9.97 Å². The Morgan fingerprint density at radius 3 is 1.24 bits per heavy atom. The zero-order chi connectivity index (χ0) is 78.5. The summed E-state index contributed by atoms with van der Waals surface area (Å²) in [5.74, 6) is -5.71. The second-order valence-electron chi connectivity index (χ2n) is 24.0. The molecule has 6 heterocycles. The predicted octanol–water partition coefficient (Wildman–Crippen LogP) is 19.8. The molecule has 6 heteroatoms. The van der Waals surface area contributed by atoms with Gasteiger partial charge in [-0.25, -0.2) is 18.3 Å². The molecule has 0 aliphatic carbocycles. The topological polar surface area (TPSA) is 41.3 Å². The maximum Gasteiger partial charge on any atom is 0.213 e. The second-order valence-corrected chi connectivity index (χ2v) is 24.0. The molecule has 0 spiro atoms. The van der Waals surface area contributed by atoms with Gasteiger partial charge in [-0.15, -0.1) is 0 Å². The summed E-state index contributed by atoms with van der Waals surface area (Å²) in [7, 11) is 8.06. The van der Waals surface area contributed by atoms with Crippen LogP contribution in [0.4, 0.5) is 0 Å². The van der Waals surface area contributed by atoms with Gasteiger partial charge in [-0.1, -0.05) is 163 Å². The molecule has 0 aliphatic heterocycles. The molecule has 470 valence electrons. The molecule has 12 aromatic rings. The highest BCUT2D eigenvalue weighted by atomic mass is 14.9. The lowest BCUT2D eigenvalue weighted by Crippen LogP contribution is -2.30. The predicted molar refractivity (Wildman–Crippen MR) is 389 cm³/mol. The molecule has 0 fully saturated rings. The van der Waals surface area contributed by atoms with Crippen LogP contribution in [-0.4, -0.2) is 9.97 Å². The zero-order valence-electron chi connectivity index (χ0n) is 70.3. The van der Waals surface area contributed by atoms with E-state index in [1.165, 1.54) is 41.8 Å². The minimum absolute atomic E-state index is 0.226. The van der Waals surface area contributed by atoms with Crippen LogP contribution in [-0.2, 0) is 34.6 Å². The molecule has 3 atom stereocenters. The van der Waals surface area contributed by atoms with Gasteiger partial charge in [0.1, 0.15) is 28.2 Å². The highest BCUT2D eigenvalue weighted by Crippen LogP contribution is 2.32. The second kappa shape index (κ2) is 31.0. The van der Waals surface area contributed by atoms with Crippen LogP contribution < -0.4 is 18.3 Å². The van der Waals surface area contributed by atoms with Crippen LogP contribution in [0.1, 0.15) is 128 Å². The molecule has 0 amide bonds. The molecule has 0 radical (unpaired) electrons. The molecule has 0 saturated carbocycles. The smallest absolute Gasteiger partial charge is 0.213 e. The van der Waals surface area contributed by atoms with Gasteiger partial charge in [-0.05, 0) is 200 Å². The highest BCUT2D eigenvalue weighted by Gasteiger charge is 2.19. The van der Waals surface area contributed by atoms with Crippen molar-refractivity contribution in [3.8, 4) is 89.8 Å². The number of hydrogen-bond acceptors (Lipinski definition) is 2. The van der Waals surface area contributed by atoms with Crippen LogP contribution in [0.5, 0.6) is 0 Å². The van der Waals surface area contributed by atoms with Crippen molar-refractivity contribution in [2.45, 2.75) is 108 Å². The van der Waals surface area contributed by atoms with E-state index < -0.39 is 44.6 Å². The Bertz CT molecular complexity index is 5190. The van der Waals surface area contributed by atoms with Gasteiger partial charge in [0.2, 0.25) is 22.8 Å². The third kappa shape index (κ3) is 17.0. The SMILES string of the molecule is Cc1cccc(-c2ccc(-c3ccccc3C)[n+](C)c2)n1.[2H]C([2H])([2H])C([2H])(C)C([2H])([2H])c1cc(-c2cc[n+](C)c(-c3ccccc3C)c2)ccc1C.[2H]C([2H])([2H])C([2H])(C)c1cc(-c2cc[n+](C)c(-c3ccccc3C)c2)ccc1C.[2H]C([2H])([2H])C([2H])(C)c1cccc(-c2ccc(-c3ccccc3C)[n+](C)c2)n1. The monoisotopic (exact) mass is 1240 g/mol. The molecular formula is C87H96N6+4. The van der Waals surface area contributed by atoms with Crippen LogP contribution in [0.2, 0.25) is 0 Å². The first-order chi connectivity index (χ1) is 50.0. The van der Waals surface area contributed by atoms with Crippen LogP contribution in [0.15, 0.2) is 243 Å². The first-order valence-electron chi connectivity index (χ1n) is 38.4. The lowest BCUT2D eigenvalue weighted by Gasteiger charge is -2.12. The van der Waals surface area contributed by atoms with E-state index in [9.17, 15) is 0 Å². The Balaban J connectivity index is 0.000000166. The summed E-state index contributed by atoms with van der Waals surface area (Å²) in [4.78, 5) is 9.07. The molecule has 0 saturated heterocycles. The maximum atomic E-state index is 8.58. The Labute approximate surface area is 576 Å². The summed E-state index contributed by atoms with van der Waals surface area (Å²) in [6.45, 7) is 10.4. The Hall–Kier alpha value is -9.78. The van der Waals surface area contributed by atoms with Crippen molar-refractivity contribution < 1.29 is 37.5 Å². The Morgan fingerprint density at radius 2 is 0.785 bits per heavy atom. The van der Waals surface area contributed by atoms with E-state index in [0.29, 0.717) is 16.8 Å². The van der Waals surface area contributed by atoms with Crippen molar-refractivity contribution in [2.24, 2.45) is 34.1 Å². The minimum atomic E-state index is -2.77. The summed E-state index contributed by atoms with van der Waals surface area (Å²) in [6.07, 6.45) is 5.73. The molecule has 0 aliphatic rings. The minimum Gasteiger partial charge on any atom is -0.253 e. The quantitative estimate of drug-likeness (QED) is 0.114. The number of pyridine rings is 6. The molecule has 6 aromatic carbocycles. The third-order valence-corrected chi connectivity index (χ3v) is 16.7. The largest absolute Gasteiger partial charge is 0.253 e. The first-order valence-corrected chi connectivity index (χ1v) is 31.4. The molecule has 3 unspecified atom stereocenters. The summed E-state index contributed by atoms with van der Waals surface area (Å²) in [5, 5.41) is 0. The molecular weight excluding hydrogens is 1130 g/mol. The van der Waals surface area contributed by atoms with Gasteiger partial charge < -0.3 is 0 Å². The lowest BCUT2D eigenvalue weighted by molar-refractivity contribution is -0.660. The summed E-state index contributed by atoms with van der Waals surface area (Å²) in [6, 6.07) is 72.0. The number of aryl methyl sites for hydroxylation is 11. The van der Waals surface area contributed by atoms with Gasteiger partial charge in [-0.2, -0.15) is 0 Å². The van der Waals surface area contributed by atoms with E-state index in [1.54, 1.807) is 31.2 Å². The fourth-order valence-electron chi connectivity index (χ4n) is 11.4. The molecule has 0 N–H and O–H groups in total. The van der Waals surface area contributed by atoms with Gasteiger partial charge in [0.15, 0.2) is 24.8 Å². The average Bonchev–Trinajstić information content (AvgIpc) is 0.749. The van der Waals surface area contributed by atoms with E-state index >= 15 is 0 Å². The fourth-order valence-corrected chi connectivity index (χ4v) is 11.4. The lowest BCUT2D eigenvalue weighted by atomic mass is 9.93. The first kappa shape index (κ1) is 50.8. The zero-order valence-corrected chi connectivity index (χ0v) is 56.3. The van der Waals surface area contributed by atoms with Crippen LogP contribution in [0.25, 0.3) is 89.8 Å². The number of rotatable bonds is 12. The van der Waals surface area contributed by atoms with E-state index in [2.05, 4.69) is 151 Å². The summed E-state index contributed by atoms with van der Waals surface area (Å²) in [5.41, 5.74) is 24.7. The van der Waals surface area contributed by atoms with Crippen molar-refractivity contribution in [1.29, 1.82) is 0 Å². The molecule has 93 heavy (non-hydrogen) atoms. The van der Waals surface area contributed by atoms with Crippen molar-refractivity contribution >= 4 is 0 Å². The van der Waals surface area contributed by atoms with E-state index in [1.807, 2.05) is 166 Å². The normalized spacial score (nSPS) is 15.6. The highest BCUT2D eigenvalue weighted by molar-refractivity contribution is 5.73. The number of benzene rings is 6. The van der Waals surface area contributed by atoms with Gasteiger partial charge in [0.25, 0.3) is 0 Å². The number of nitrogens with zero attached hydrogens (tertiary/aromatic N) is 6. The number of hydrogen-bond donors (Lipinski definition) is 0. The van der Waals surface area contributed by atoms with Gasteiger partial charge >= 0.3 is 0 Å². The van der Waals surface area contributed by atoms with E-state index in [-0.39, 0.29) is 11.3 Å². The fraction of sp³-hybridized carbons (Fsp3) is 0.241. The van der Waals surface area contributed by atoms with Crippen molar-refractivity contribution in [1.82, 2.24) is 9.97 Å². The standard InChI is InChI=1S/C24H28N.C23H26N.C21H23N2.C19H19N2/c1-17(2)14-22-15-20(11-10-18(22)3)21-12-13-25(5)24(16-21)23-9-7-6-8-19(23)4;1-16(2)22-14-19(11-10-18(22)4)20-12-13-24(5)23(15-20)21-9-7-6-8-17(21)3;1-15(2)19-10-7-11-20(22-19)17-12-13-21(23(4)14-17)18-9-6-5-8-16(18)3;1-14-7-4-5-9-17(14)19-12-11-16(13-21(19)3)18-10-6-8-15(2)20-18/h6-13,15-17H,14H2,1-5H3;6-16H,1-5H3;5-15H,1-4H3;4-13H,1-3H3/q4*+1/i1D3,14D2,17D;1D3,16D;1D3,15D;. The van der Waals surface area contributed by atoms with Crippen molar-refractivity contribution in [2.75, 3.05) is 0 Å². The molecule has 0 bridgehead atoms. The maximum absolute atomic E-state index is 8.58. The molecule has 6 nitrogen and oxygen atoms in total. The van der Waals surface area contributed by atoms with Crippen LogP contribution >= 0.6 is 0 Å². The number of aromatic nitrogens is 6. The van der Waals surface area contributed by atoms with Gasteiger partial charge in [0, 0.05) is 89.2 Å². The summed E-state index contributed by atoms with van der Waals surface area (Å²) >= 11 is 0. The average molecular weight is 1240 g/mol. The van der Waals surface area contributed by atoms with E-state index in [0.717, 1.165) is 96.6 Å². The van der Waals surface area contributed by atoms with E-state index in [4.69, 9.17) is 19.2 Å². The third-order valence-electron chi connectivity index (χ3n) is 16.7. The summed E-state index contributed by atoms with van der Waals surface area (Å²) < 4.78 is 120. The van der Waals surface area contributed by atoms with Crippen molar-refractivity contribution in [3.63, 3.8) is 0 Å². The molecule has 12 rings (SSSR count). The Morgan fingerprint density at radius 1 is 0.366 bits per heavy atom.